The predicted octanol–water partition coefficient (Wildman–Crippen LogP) is 4.41. The fourth-order valence-electron chi connectivity index (χ4n) is 4.02. The minimum absolute atomic E-state index is 0.0290. The maximum Gasteiger partial charge on any atom is 0.255 e. The molecule has 5 nitrogen and oxygen atoms in total. The zero-order valence-corrected chi connectivity index (χ0v) is 17.8. The molecule has 0 aromatic heterocycles. The third-order valence-corrected chi connectivity index (χ3v) is 5.73. The largest absolute Gasteiger partial charge is 0.496 e. The van der Waals surface area contributed by atoms with Gasteiger partial charge in [-0.15, -0.1) is 0 Å². The molecule has 0 fully saturated rings. The highest BCUT2D eigenvalue weighted by Crippen LogP contribution is 2.33. The molecule has 2 amide bonds. The van der Waals surface area contributed by atoms with E-state index in [4.69, 9.17) is 4.74 Å². The van der Waals surface area contributed by atoms with E-state index in [0.717, 1.165) is 28.0 Å². The van der Waals surface area contributed by atoms with Crippen LogP contribution < -0.4 is 10.1 Å². The number of ether oxygens (including phenoxy) is 1. The van der Waals surface area contributed by atoms with Crippen molar-refractivity contribution in [3.05, 3.63) is 101 Å². The Bertz CT molecular complexity index is 1090. The summed E-state index contributed by atoms with van der Waals surface area (Å²) in [6.07, 6.45) is 0.192. The lowest BCUT2D eigenvalue weighted by Gasteiger charge is -2.28. The Kier molecular flexibility index (Phi) is 6.03. The van der Waals surface area contributed by atoms with E-state index >= 15 is 0 Å². The SMILES string of the molecule is COc1ccccc1CNC(=O)C[C@H](c1ccc(C)cc1)N1Cc2ccccc2C1=O. The van der Waals surface area contributed by atoms with Gasteiger partial charge in [-0.25, -0.2) is 0 Å². The van der Waals surface area contributed by atoms with E-state index in [0.29, 0.717) is 18.7 Å². The lowest BCUT2D eigenvalue weighted by Crippen LogP contribution is -2.34. The van der Waals surface area contributed by atoms with Gasteiger partial charge in [0.25, 0.3) is 5.91 Å². The number of nitrogens with one attached hydrogen (secondary N) is 1. The second kappa shape index (κ2) is 9.04. The number of para-hydroxylation sites is 1. The minimum atomic E-state index is -0.335. The molecule has 4 rings (SSSR count). The molecule has 3 aromatic carbocycles. The van der Waals surface area contributed by atoms with Crippen molar-refractivity contribution < 1.29 is 14.3 Å². The molecule has 0 radical (unpaired) electrons. The van der Waals surface area contributed by atoms with Crippen molar-refractivity contribution in [1.82, 2.24) is 10.2 Å². The van der Waals surface area contributed by atoms with Gasteiger partial charge in [-0.05, 0) is 30.2 Å². The first kappa shape index (κ1) is 20.7. The average molecular weight is 415 g/mol. The van der Waals surface area contributed by atoms with Crippen LogP contribution in [0.5, 0.6) is 5.75 Å². The van der Waals surface area contributed by atoms with E-state index < -0.39 is 0 Å². The quantitative estimate of drug-likeness (QED) is 0.623. The standard InChI is InChI=1S/C26H26N2O3/c1-18-11-13-19(14-12-18)23(28-17-21-8-3-5-9-22(21)26(28)30)15-25(29)27-16-20-7-4-6-10-24(20)31-2/h3-14,23H,15-17H2,1-2H3,(H,27,29)/t23-/m1/s1. The Morgan fingerprint density at radius 3 is 2.48 bits per heavy atom. The molecule has 0 spiro atoms. The highest BCUT2D eigenvalue weighted by molar-refractivity contribution is 5.98. The van der Waals surface area contributed by atoms with Crippen LogP contribution in [0.25, 0.3) is 0 Å². The number of fused-ring (bicyclic) bond motifs is 1. The molecule has 0 bridgehead atoms. The van der Waals surface area contributed by atoms with E-state index in [2.05, 4.69) is 5.32 Å². The number of hydrogen-bond acceptors (Lipinski definition) is 3. The smallest absolute Gasteiger partial charge is 0.255 e. The van der Waals surface area contributed by atoms with Crippen LogP contribution in [0, 0.1) is 6.92 Å². The summed E-state index contributed by atoms with van der Waals surface area (Å²) in [5, 5.41) is 2.99. The first-order valence-electron chi connectivity index (χ1n) is 10.4. The molecule has 0 saturated carbocycles. The number of rotatable bonds is 7. The summed E-state index contributed by atoms with van der Waals surface area (Å²) in [5.41, 5.74) is 4.72. The van der Waals surface area contributed by atoms with Gasteiger partial charge in [0.2, 0.25) is 5.91 Å². The minimum Gasteiger partial charge on any atom is -0.496 e. The molecular weight excluding hydrogens is 388 g/mol. The summed E-state index contributed by atoms with van der Waals surface area (Å²) in [6, 6.07) is 23.0. The van der Waals surface area contributed by atoms with Crippen molar-refractivity contribution in [2.45, 2.75) is 32.5 Å². The summed E-state index contributed by atoms with van der Waals surface area (Å²) < 4.78 is 5.37. The van der Waals surface area contributed by atoms with Crippen molar-refractivity contribution in [3.63, 3.8) is 0 Å². The zero-order chi connectivity index (χ0) is 21.8. The topological polar surface area (TPSA) is 58.6 Å². The summed E-state index contributed by atoms with van der Waals surface area (Å²) in [4.78, 5) is 27.8. The molecule has 1 N–H and O–H groups in total. The molecule has 1 heterocycles. The molecule has 3 aromatic rings. The Balaban J connectivity index is 1.53. The van der Waals surface area contributed by atoms with Crippen molar-refractivity contribution >= 4 is 11.8 Å². The molecule has 0 aliphatic carbocycles. The van der Waals surface area contributed by atoms with Crippen LogP contribution in [0.1, 0.15) is 45.1 Å². The van der Waals surface area contributed by atoms with E-state index in [1.807, 2.05) is 79.7 Å². The van der Waals surface area contributed by atoms with E-state index in [1.165, 1.54) is 0 Å². The van der Waals surface area contributed by atoms with E-state index in [9.17, 15) is 9.59 Å². The molecule has 5 heteroatoms. The average Bonchev–Trinajstić information content (AvgIpc) is 3.13. The van der Waals surface area contributed by atoms with E-state index in [-0.39, 0.29) is 24.3 Å². The number of hydrogen-bond donors (Lipinski definition) is 1. The van der Waals surface area contributed by atoms with Gasteiger partial charge in [0, 0.05) is 24.2 Å². The monoisotopic (exact) mass is 414 g/mol. The van der Waals surface area contributed by atoms with Gasteiger partial charge in [0.05, 0.1) is 19.6 Å². The first-order valence-corrected chi connectivity index (χ1v) is 10.4. The zero-order valence-electron chi connectivity index (χ0n) is 17.8. The Morgan fingerprint density at radius 1 is 1.03 bits per heavy atom. The molecule has 31 heavy (non-hydrogen) atoms. The Hall–Kier alpha value is -3.60. The molecule has 1 aliphatic rings. The second-order valence-electron chi connectivity index (χ2n) is 7.81. The van der Waals surface area contributed by atoms with Crippen LogP contribution in [0.2, 0.25) is 0 Å². The molecule has 1 aliphatic heterocycles. The van der Waals surface area contributed by atoms with Gasteiger partial charge in [-0.1, -0.05) is 66.2 Å². The third kappa shape index (κ3) is 4.45. The summed E-state index contributed by atoms with van der Waals surface area (Å²) in [7, 11) is 1.62. The van der Waals surface area contributed by atoms with Gasteiger partial charge in [0.15, 0.2) is 0 Å². The van der Waals surface area contributed by atoms with Crippen molar-refractivity contribution in [2.24, 2.45) is 0 Å². The number of amides is 2. The van der Waals surface area contributed by atoms with Gasteiger partial charge in [-0.2, -0.15) is 0 Å². The van der Waals surface area contributed by atoms with Crippen molar-refractivity contribution in [3.8, 4) is 5.75 Å². The fraction of sp³-hybridized carbons (Fsp3) is 0.231. The maximum absolute atomic E-state index is 13.1. The van der Waals surface area contributed by atoms with Crippen LogP contribution in [0.15, 0.2) is 72.8 Å². The van der Waals surface area contributed by atoms with Gasteiger partial charge >= 0.3 is 0 Å². The maximum atomic E-state index is 13.1. The Labute approximate surface area is 182 Å². The first-order chi connectivity index (χ1) is 15.1. The fourth-order valence-corrected chi connectivity index (χ4v) is 4.02. The second-order valence-corrected chi connectivity index (χ2v) is 7.81. The molecule has 158 valence electrons. The normalized spacial score (nSPS) is 13.6. The van der Waals surface area contributed by atoms with Gasteiger partial charge in [-0.3, -0.25) is 9.59 Å². The van der Waals surface area contributed by atoms with Crippen molar-refractivity contribution in [1.29, 1.82) is 0 Å². The number of carbonyl (C=O) groups excluding carboxylic acids is 2. The van der Waals surface area contributed by atoms with Crippen LogP contribution in [0.3, 0.4) is 0 Å². The lowest BCUT2D eigenvalue weighted by molar-refractivity contribution is -0.122. The highest BCUT2D eigenvalue weighted by Gasteiger charge is 2.34. The molecule has 0 unspecified atom stereocenters. The number of nitrogens with zero attached hydrogens (tertiary/aromatic N) is 1. The lowest BCUT2D eigenvalue weighted by atomic mass is 10.00. The molecule has 1 atom stereocenters. The number of aryl methyl sites for hydroxylation is 1. The molecular formula is C26H26N2O3. The predicted molar refractivity (Wildman–Crippen MR) is 120 cm³/mol. The van der Waals surface area contributed by atoms with Crippen LogP contribution in [0.4, 0.5) is 0 Å². The van der Waals surface area contributed by atoms with Crippen molar-refractivity contribution in [2.75, 3.05) is 7.11 Å². The number of carbonyl (C=O) groups is 2. The van der Waals surface area contributed by atoms with Gasteiger partial charge < -0.3 is 15.0 Å². The van der Waals surface area contributed by atoms with Gasteiger partial charge in [0.1, 0.15) is 5.75 Å². The molecule has 0 saturated heterocycles. The summed E-state index contributed by atoms with van der Waals surface area (Å²) >= 11 is 0. The van der Waals surface area contributed by atoms with E-state index in [1.54, 1.807) is 12.0 Å². The summed E-state index contributed by atoms with van der Waals surface area (Å²) in [5.74, 6) is 0.599. The van der Waals surface area contributed by atoms with Crippen LogP contribution in [-0.2, 0) is 17.9 Å². The van der Waals surface area contributed by atoms with Crippen LogP contribution >= 0.6 is 0 Å². The highest BCUT2D eigenvalue weighted by atomic mass is 16.5. The Morgan fingerprint density at radius 2 is 1.74 bits per heavy atom. The third-order valence-electron chi connectivity index (χ3n) is 5.73. The number of benzene rings is 3. The number of methoxy groups -OCH3 is 1. The van der Waals surface area contributed by atoms with Crippen LogP contribution in [-0.4, -0.2) is 23.8 Å². The summed E-state index contributed by atoms with van der Waals surface area (Å²) in [6.45, 7) is 2.90.